The second-order valence-electron chi connectivity index (χ2n) is 4.70. The summed E-state index contributed by atoms with van der Waals surface area (Å²) in [6.45, 7) is 1.90. The Kier molecular flexibility index (Phi) is 4.87. The molecule has 2 rings (SSSR count). The maximum Gasteiger partial charge on any atom is 0.239 e. The molecule has 0 saturated heterocycles. The summed E-state index contributed by atoms with van der Waals surface area (Å²) in [6.07, 6.45) is 0. The van der Waals surface area contributed by atoms with Crippen molar-refractivity contribution < 1.29 is 13.6 Å². The Morgan fingerprint density at radius 3 is 2.10 bits per heavy atom. The molecule has 0 fully saturated rings. The van der Waals surface area contributed by atoms with Crippen molar-refractivity contribution in [2.24, 2.45) is 0 Å². The highest BCUT2D eigenvalue weighted by atomic mass is 19.1. The fraction of sp³-hybridized carbons (Fsp3) is 0.188. The van der Waals surface area contributed by atoms with E-state index in [9.17, 15) is 13.6 Å². The minimum absolute atomic E-state index is 0.0805. The number of nitrogens with one attached hydrogen (secondary N) is 2. The second-order valence-corrected chi connectivity index (χ2v) is 4.70. The highest BCUT2D eigenvalue weighted by Crippen LogP contribution is 2.13. The number of hydrogen-bond donors (Lipinski definition) is 2. The van der Waals surface area contributed by atoms with E-state index in [1.54, 1.807) is 24.3 Å². The first-order chi connectivity index (χ1) is 10.0. The lowest BCUT2D eigenvalue weighted by molar-refractivity contribution is -0.120. The van der Waals surface area contributed by atoms with Crippen molar-refractivity contribution >= 4 is 11.6 Å². The molecule has 0 aliphatic rings. The van der Waals surface area contributed by atoms with Crippen LogP contribution in [0, 0.1) is 11.6 Å². The zero-order valence-electron chi connectivity index (χ0n) is 11.6. The van der Waals surface area contributed by atoms with Gasteiger partial charge < -0.3 is 10.6 Å². The van der Waals surface area contributed by atoms with Crippen LogP contribution in [0.4, 0.5) is 14.5 Å². The SMILES string of the molecule is CC(NC(=O)CNc1ccc(F)cc1)c1ccc(F)cc1. The number of anilines is 1. The molecule has 2 aromatic rings. The lowest BCUT2D eigenvalue weighted by Crippen LogP contribution is -2.32. The van der Waals surface area contributed by atoms with Crippen molar-refractivity contribution in [3.8, 4) is 0 Å². The van der Waals surface area contributed by atoms with Crippen LogP contribution in [0.3, 0.4) is 0 Å². The van der Waals surface area contributed by atoms with Gasteiger partial charge >= 0.3 is 0 Å². The standard InChI is InChI=1S/C16H16F2N2O/c1-11(12-2-4-13(17)5-3-12)20-16(21)10-19-15-8-6-14(18)7-9-15/h2-9,11,19H,10H2,1H3,(H,20,21). The molecule has 1 amide bonds. The monoisotopic (exact) mass is 290 g/mol. The third-order valence-electron chi connectivity index (χ3n) is 3.04. The summed E-state index contributed by atoms with van der Waals surface area (Å²) in [6, 6.07) is 11.5. The number of hydrogen-bond acceptors (Lipinski definition) is 2. The molecule has 0 spiro atoms. The molecular weight excluding hydrogens is 274 g/mol. The van der Waals surface area contributed by atoms with E-state index in [-0.39, 0.29) is 30.1 Å². The molecule has 3 nitrogen and oxygen atoms in total. The number of halogens is 2. The minimum atomic E-state index is -0.324. The third-order valence-corrected chi connectivity index (χ3v) is 3.04. The highest BCUT2D eigenvalue weighted by molar-refractivity contribution is 5.81. The first-order valence-electron chi connectivity index (χ1n) is 6.59. The number of amides is 1. The Hall–Kier alpha value is -2.43. The molecule has 0 radical (unpaired) electrons. The molecule has 2 aromatic carbocycles. The van der Waals surface area contributed by atoms with Crippen LogP contribution in [0.25, 0.3) is 0 Å². The first kappa shape index (κ1) is 15.0. The molecule has 5 heteroatoms. The molecule has 2 N–H and O–H groups in total. The van der Waals surface area contributed by atoms with Gasteiger partial charge in [0.1, 0.15) is 11.6 Å². The molecule has 1 unspecified atom stereocenters. The first-order valence-corrected chi connectivity index (χ1v) is 6.59. The van der Waals surface area contributed by atoms with Gasteiger partial charge in [-0.2, -0.15) is 0 Å². The van der Waals surface area contributed by atoms with Gasteiger partial charge in [-0.3, -0.25) is 4.79 Å². The normalized spacial score (nSPS) is 11.8. The van der Waals surface area contributed by atoms with Crippen LogP contribution < -0.4 is 10.6 Å². The fourth-order valence-corrected chi connectivity index (χ4v) is 1.88. The summed E-state index contributed by atoms with van der Waals surface area (Å²) in [4.78, 5) is 11.8. The second kappa shape index (κ2) is 6.83. The van der Waals surface area contributed by atoms with E-state index in [2.05, 4.69) is 10.6 Å². The summed E-state index contributed by atoms with van der Waals surface area (Å²) in [5.74, 6) is -0.832. The van der Waals surface area contributed by atoms with Gasteiger partial charge in [-0.1, -0.05) is 12.1 Å². The van der Waals surface area contributed by atoms with E-state index in [0.29, 0.717) is 5.69 Å². The van der Waals surface area contributed by atoms with Gasteiger partial charge in [-0.15, -0.1) is 0 Å². The summed E-state index contributed by atoms with van der Waals surface area (Å²) >= 11 is 0. The molecule has 0 bridgehead atoms. The smallest absolute Gasteiger partial charge is 0.239 e. The summed E-state index contributed by atoms with van der Waals surface area (Å²) < 4.78 is 25.6. The van der Waals surface area contributed by atoms with Crippen LogP contribution in [0.2, 0.25) is 0 Å². The van der Waals surface area contributed by atoms with Gasteiger partial charge in [0.2, 0.25) is 5.91 Å². The molecule has 0 aliphatic carbocycles. The maximum atomic E-state index is 12.8. The van der Waals surface area contributed by atoms with Gasteiger partial charge in [0.15, 0.2) is 0 Å². The topological polar surface area (TPSA) is 41.1 Å². The van der Waals surface area contributed by atoms with Crippen molar-refractivity contribution in [2.75, 3.05) is 11.9 Å². The van der Waals surface area contributed by atoms with Crippen molar-refractivity contribution in [1.29, 1.82) is 0 Å². The molecule has 0 aliphatic heterocycles. The van der Waals surface area contributed by atoms with E-state index < -0.39 is 0 Å². The van der Waals surface area contributed by atoms with Crippen LogP contribution in [-0.2, 0) is 4.79 Å². The average Bonchev–Trinajstić information content (AvgIpc) is 2.47. The van der Waals surface area contributed by atoms with Gasteiger partial charge in [-0.25, -0.2) is 8.78 Å². The Morgan fingerprint density at radius 1 is 1.00 bits per heavy atom. The zero-order valence-corrected chi connectivity index (χ0v) is 11.6. The molecule has 0 saturated carbocycles. The molecule has 0 heterocycles. The number of rotatable bonds is 5. The molecule has 21 heavy (non-hydrogen) atoms. The van der Waals surface area contributed by atoms with E-state index in [0.717, 1.165) is 5.56 Å². The Bertz CT molecular complexity index is 597. The third kappa shape index (κ3) is 4.56. The summed E-state index contributed by atoms with van der Waals surface area (Å²) in [5.41, 5.74) is 1.49. The molecule has 0 aromatic heterocycles. The van der Waals surface area contributed by atoms with E-state index in [4.69, 9.17) is 0 Å². The predicted molar refractivity (Wildman–Crippen MR) is 77.8 cm³/mol. The quantitative estimate of drug-likeness (QED) is 0.887. The van der Waals surface area contributed by atoms with Crippen molar-refractivity contribution in [2.45, 2.75) is 13.0 Å². The Balaban J connectivity index is 1.83. The van der Waals surface area contributed by atoms with Gasteiger partial charge in [0, 0.05) is 5.69 Å². The maximum absolute atomic E-state index is 12.8. The number of carbonyl (C=O) groups is 1. The fourth-order valence-electron chi connectivity index (χ4n) is 1.88. The molecule has 110 valence electrons. The summed E-state index contributed by atoms with van der Waals surface area (Å²) in [7, 11) is 0. The van der Waals surface area contributed by atoms with Crippen LogP contribution in [-0.4, -0.2) is 12.5 Å². The van der Waals surface area contributed by atoms with E-state index >= 15 is 0 Å². The van der Waals surface area contributed by atoms with Gasteiger partial charge in [0.25, 0.3) is 0 Å². The highest BCUT2D eigenvalue weighted by Gasteiger charge is 2.09. The van der Waals surface area contributed by atoms with Crippen LogP contribution >= 0.6 is 0 Å². The number of benzene rings is 2. The lowest BCUT2D eigenvalue weighted by atomic mass is 10.1. The van der Waals surface area contributed by atoms with Crippen molar-refractivity contribution in [3.63, 3.8) is 0 Å². The largest absolute Gasteiger partial charge is 0.376 e. The Labute approximate surface area is 122 Å². The lowest BCUT2D eigenvalue weighted by Gasteiger charge is -2.15. The summed E-state index contributed by atoms with van der Waals surface area (Å²) in [5, 5.41) is 5.70. The molecule has 1 atom stereocenters. The van der Waals surface area contributed by atoms with E-state index in [1.807, 2.05) is 6.92 Å². The zero-order chi connectivity index (χ0) is 15.2. The minimum Gasteiger partial charge on any atom is -0.376 e. The van der Waals surface area contributed by atoms with Gasteiger partial charge in [-0.05, 0) is 48.9 Å². The van der Waals surface area contributed by atoms with Crippen LogP contribution in [0.1, 0.15) is 18.5 Å². The van der Waals surface area contributed by atoms with Crippen molar-refractivity contribution in [1.82, 2.24) is 5.32 Å². The predicted octanol–water partition coefficient (Wildman–Crippen LogP) is 3.25. The molecular formula is C16H16F2N2O. The van der Waals surface area contributed by atoms with E-state index in [1.165, 1.54) is 24.3 Å². The average molecular weight is 290 g/mol. The van der Waals surface area contributed by atoms with Crippen LogP contribution in [0.15, 0.2) is 48.5 Å². The number of carbonyl (C=O) groups excluding carboxylic acids is 1. The Morgan fingerprint density at radius 2 is 1.52 bits per heavy atom. The van der Waals surface area contributed by atoms with Crippen LogP contribution in [0.5, 0.6) is 0 Å². The van der Waals surface area contributed by atoms with Gasteiger partial charge in [0.05, 0.1) is 12.6 Å². The van der Waals surface area contributed by atoms with Crippen molar-refractivity contribution in [3.05, 3.63) is 65.7 Å².